The molecule has 0 spiro atoms. The maximum Gasteiger partial charge on any atom is 0.347 e. The fourth-order valence-electron chi connectivity index (χ4n) is 2.31. The standard InChI is InChI=1S/C19H17N3O7S2/c1-10(23)20-18-21-22-19(31-18)30-9-12-6-14(24)16(8-28-12)29-17(25)13-5-4-11(26-2)7-15(13)27-3/h4-8H,9H2,1-3H3,(H,20,21,23). The third kappa shape index (κ3) is 5.83. The number of carbonyl (C=O) groups excluding carboxylic acids is 2. The summed E-state index contributed by atoms with van der Waals surface area (Å²) in [4.78, 5) is 35.8. The van der Waals surface area contributed by atoms with E-state index in [1.165, 1.54) is 62.4 Å². The smallest absolute Gasteiger partial charge is 0.347 e. The Morgan fingerprint density at radius 2 is 1.97 bits per heavy atom. The molecular formula is C19H17N3O7S2. The molecule has 31 heavy (non-hydrogen) atoms. The molecule has 0 saturated carbocycles. The predicted molar refractivity (Wildman–Crippen MR) is 113 cm³/mol. The van der Waals surface area contributed by atoms with E-state index in [0.717, 1.165) is 6.26 Å². The molecular weight excluding hydrogens is 446 g/mol. The van der Waals surface area contributed by atoms with Crippen LogP contribution in [0.3, 0.4) is 0 Å². The molecule has 1 amide bonds. The molecule has 0 atom stereocenters. The van der Waals surface area contributed by atoms with Crippen molar-refractivity contribution in [3.8, 4) is 17.2 Å². The minimum atomic E-state index is -0.770. The highest BCUT2D eigenvalue weighted by Crippen LogP contribution is 2.29. The molecule has 2 heterocycles. The van der Waals surface area contributed by atoms with Crippen LogP contribution in [0.1, 0.15) is 23.0 Å². The number of hydrogen-bond donors (Lipinski definition) is 1. The van der Waals surface area contributed by atoms with E-state index >= 15 is 0 Å². The lowest BCUT2D eigenvalue weighted by molar-refractivity contribution is -0.114. The van der Waals surface area contributed by atoms with Gasteiger partial charge in [-0.3, -0.25) is 9.59 Å². The predicted octanol–water partition coefficient (Wildman–Crippen LogP) is 2.98. The Balaban J connectivity index is 1.65. The van der Waals surface area contributed by atoms with E-state index in [4.69, 9.17) is 18.6 Å². The van der Waals surface area contributed by atoms with Crippen LogP contribution in [0.25, 0.3) is 0 Å². The summed E-state index contributed by atoms with van der Waals surface area (Å²) < 4.78 is 21.4. The molecule has 162 valence electrons. The van der Waals surface area contributed by atoms with Gasteiger partial charge in [-0.2, -0.15) is 0 Å². The van der Waals surface area contributed by atoms with Gasteiger partial charge in [0.15, 0.2) is 4.34 Å². The molecule has 10 nitrogen and oxygen atoms in total. The number of carbonyl (C=O) groups is 2. The fourth-order valence-corrected chi connectivity index (χ4v) is 4.00. The highest BCUT2D eigenvalue weighted by Gasteiger charge is 2.18. The number of thioether (sulfide) groups is 1. The Morgan fingerprint density at radius 1 is 1.16 bits per heavy atom. The first-order valence-electron chi connectivity index (χ1n) is 8.69. The molecule has 0 fully saturated rings. The molecule has 0 radical (unpaired) electrons. The van der Waals surface area contributed by atoms with E-state index in [2.05, 4.69) is 15.5 Å². The average Bonchev–Trinajstić information content (AvgIpc) is 3.19. The van der Waals surface area contributed by atoms with Crippen molar-refractivity contribution >= 4 is 40.1 Å². The van der Waals surface area contributed by atoms with Crippen molar-refractivity contribution in [3.63, 3.8) is 0 Å². The van der Waals surface area contributed by atoms with Crippen LogP contribution in [0.4, 0.5) is 5.13 Å². The number of esters is 1. The minimum Gasteiger partial charge on any atom is -0.497 e. The van der Waals surface area contributed by atoms with Gasteiger partial charge in [-0.15, -0.1) is 10.2 Å². The lowest BCUT2D eigenvalue weighted by Crippen LogP contribution is -2.15. The highest BCUT2D eigenvalue weighted by molar-refractivity contribution is 8.00. The van der Waals surface area contributed by atoms with Gasteiger partial charge in [0.05, 0.1) is 20.0 Å². The maximum absolute atomic E-state index is 12.4. The molecule has 12 heteroatoms. The zero-order valence-electron chi connectivity index (χ0n) is 16.7. The quantitative estimate of drug-likeness (QED) is 0.302. The fraction of sp³-hybridized carbons (Fsp3) is 0.211. The van der Waals surface area contributed by atoms with Gasteiger partial charge < -0.3 is 23.9 Å². The molecule has 3 aromatic rings. The van der Waals surface area contributed by atoms with E-state index in [9.17, 15) is 14.4 Å². The zero-order valence-corrected chi connectivity index (χ0v) is 18.3. The molecule has 0 aliphatic heterocycles. The second kappa shape index (κ2) is 10.1. The van der Waals surface area contributed by atoms with Crippen LogP contribution < -0.4 is 25.0 Å². The summed E-state index contributed by atoms with van der Waals surface area (Å²) in [5.41, 5.74) is -0.382. The second-order valence-electron chi connectivity index (χ2n) is 5.87. The van der Waals surface area contributed by atoms with Gasteiger partial charge >= 0.3 is 5.97 Å². The molecule has 2 aromatic heterocycles. The third-order valence-electron chi connectivity index (χ3n) is 3.71. The van der Waals surface area contributed by atoms with Crippen LogP contribution >= 0.6 is 23.1 Å². The Labute approximate surface area is 184 Å². The first-order valence-corrected chi connectivity index (χ1v) is 10.5. The van der Waals surface area contributed by atoms with Crippen LogP contribution in [0.15, 0.2) is 44.1 Å². The lowest BCUT2D eigenvalue weighted by Gasteiger charge is -2.09. The summed E-state index contributed by atoms with van der Waals surface area (Å²) in [6.45, 7) is 1.38. The van der Waals surface area contributed by atoms with Gasteiger partial charge in [0.1, 0.15) is 29.1 Å². The largest absolute Gasteiger partial charge is 0.497 e. The van der Waals surface area contributed by atoms with Gasteiger partial charge in [0.25, 0.3) is 0 Å². The SMILES string of the molecule is COc1ccc(C(=O)Oc2coc(CSc3nnc(NC(C)=O)s3)cc2=O)c(OC)c1. The Morgan fingerprint density at radius 3 is 2.65 bits per heavy atom. The topological polar surface area (TPSA) is 130 Å². The number of ether oxygens (including phenoxy) is 3. The number of amides is 1. The van der Waals surface area contributed by atoms with Crippen LogP contribution in [0, 0.1) is 0 Å². The molecule has 0 aliphatic carbocycles. The Bertz CT molecular complexity index is 1160. The van der Waals surface area contributed by atoms with Gasteiger partial charge in [0, 0.05) is 19.1 Å². The number of rotatable bonds is 8. The zero-order chi connectivity index (χ0) is 22.4. The molecule has 1 N–H and O–H groups in total. The normalized spacial score (nSPS) is 10.4. The Kier molecular flexibility index (Phi) is 7.26. The highest BCUT2D eigenvalue weighted by atomic mass is 32.2. The summed E-state index contributed by atoms with van der Waals surface area (Å²) in [5, 5.41) is 10.7. The number of nitrogens with zero attached hydrogens (tertiary/aromatic N) is 2. The summed E-state index contributed by atoms with van der Waals surface area (Å²) in [7, 11) is 2.90. The van der Waals surface area contributed by atoms with Crippen molar-refractivity contribution in [3.05, 3.63) is 52.1 Å². The van der Waals surface area contributed by atoms with E-state index in [0.29, 0.717) is 26.7 Å². The van der Waals surface area contributed by atoms with E-state index < -0.39 is 11.4 Å². The van der Waals surface area contributed by atoms with Crippen molar-refractivity contribution in [1.29, 1.82) is 0 Å². The molecule has 0 saturated heterocycles. The van der Waals surface area contributed by atoms with Crippen molar-refractivity contribution in [2.45, 2.75) is 17.0 Å². The van der Waals surface area contributed by atoms with Crippen LogP contribution in [0.5, 0.6) is 17.2 Å². The maximum atomic E-state index is 12.4. The van der Waals surface area contributed by atoms with Gasteiger partial charge in [-0.05, 0) is 12.1 Å². The molecule has 0 aliphatic rings. The van der Waals surface area contributed by atoms with Crippen LogP contribution in [0.2, 0.25) is 0 Å². The molecule has 0 unspecified atom stereocenters. The first kappa shape index (κ1) is 22.3. The Hall–Kier alpha value is -3.38. The number of hydrogen-bond acceptors (Lipinski definition) is 11. The van der Waals surface area contributed by atoms with E-state index in [1.54, 1.807) is 6.07 Å². The van der Waals surface area contributed by atoms with Crippen LogP contribution in [-0.4, -0.2) is 36.3 Å². The van der Waals surface area contributed by atoms with Crippen molar-refractivity contribution in [2.75, 3.05) is 19.5 Å². The molecule has 3 rings (SSSR count). The van der Waals surface area contributed by atoms with Crippen LogP contribution in [-0.2, 0) is 10.5 Å². The van der Waals surface area contributed by atoms with Gasteiger partial charge in [0.2, 0.25) is 22.2 Å². The summed E-state index contributed by atoms with van der Waals surface area (Å²) >= 11 is 2.48. The van der Waals surface area contributed by atoms with Crippen molar-refractivity contribution < 1.29 is 28.2 Å². The van der Waals surface area contributed by atoms with E-state index in [-0.39, 0.29) is 23.0 Å². The molecule has 0 bridgehead atoms. The number of nitrogens with one attached hydrogen (secondary N) is 1. The first-order chi connectivity index (χ1) is 14.9. The monoisotopic (exact) mass is 463 g/mol. The number of anilines is 1. The number of methoxy groups -OCH3 is 2. The van der Waals surface area contributed by atoms with Crippen molar-refractivity contribution in [1.82, 2.24) is 10.2 Å². The minimum absolute atomic E-state index is 0.133. The third-order valence-corrected chi connectivity index (χ3v) is 5.71. The van der Waals surface area contributed by atoms with Gasteiger partial charge in [-0.1, -0.05) is 23.1 Å². The number of aromatic nitrogens is 2. The van der Waals surface area contributed by atoms with E-state index in [1.807, 2.05) is 0 Å². The summed E-state index contributed by atoms with van der Waals surface area (Å²) in [6, 6.07) is 5.82. The van der Waals surface area contributed by atoms with Crippen molar-refractivity contribution in [2.24, 2.45) is 0 Å². The summed E-state index contributed by atoms with van der Waals surface area (Å²) in [5.74, 6) is 0.148. The lowest BCUT2D eigenvalue weighted by atomic mass is 10.2. The summed E-state index contributed by atoms with van der Waals surface area (Å²) in [6.07, 6.45) is 1.08. The molecule has 1 aromatic carbocycles. The number of benzene rings is 1. The second-order valence-corrected chi connectivity index (χ2v) is 8.07. The van der Waals surface area contributed by atoms with Gasteiger partial charge in [-0.25, -0.2) is 4.79 Å². The average molecular weight is 463 g/mol.